The largest absolute Gasteiger partial charge is 0.312 e. The van der Waals surface area contributed by atoms with Crippen molar-refractivity contribution >= 4 is 22.9 Å². The van der Waals surface area contributed by atoms with E-state index in [1.54, 1.807) is 11.3 Å². The van der Waals surface area contributed by atoms with Gasteiger partial charge in [0.05, 0.1) is 16.4 Å². The van der Waals surface area contributed by atoms with Gasteiger partial charge in [0.1, 0.15) is 0 Å². The molecule has 0 aromatic carbocycles. The SMILES string of the molecule is CCc1nn(C)c(CC(NC)c2sccc2C)c1Cl. The van der Waals surface area contributed by atoms with Crippen molar-refractivity contribution in [1.29, 1.82) is 0 Å². The van der Waals surface area contributed by atoms with E-state index < -0.39 is 0 Å². The molecule has 2 aromatic heterocycles. The van der Waals surface area contributed by atoms with Crippen LogP contribution in [0.25, 0.3) is 0 Å². The van der Waals surface area contributed by atoms with Gasteiger partial charge in [-0.2, -0.15) is 5.10 Å². The lowest BCUT2D eigenvalue weighted by molar-refractivity contribution is 0.567. The van der Waals surface area contributed by atoms with Crippen molar-refractivity contribution < 1.29 is 0 Å². The average molecular weight is 298 g/mol. The Labute approximate surface area is 123 Å². The summed E-state index contributed by atoms with van der Waals surface area (Å²) in [6, 6.07) is 2.45. The Bertz CT molecular complexity index is 559. The molecule has 3 nitrogen and oxygen atoms in total. The number of nitrogens with one attached hydrogen (secondary N) is 1. The lowest BCUT2D eigenvalue weighted by Gasteiger charge is -2.16. The maximum absolute atomic E-state index is 6.42. The van der Waals surface area contributed by atoms with Gasteiger partial charge in [-0.1, -0.05) is 18.5 Å². The molecule has 1 atom stereocenters. The molecule has 0 saturated heterocycles. The second-order valence-electron chi connectivity index (χ2n) is 4.70. The minimum atomic E-state index is 0.289. The summed E-state index contributed by atoms with van der Waals surface area (Å²) in [6.45, 7) is 4.23. The number of halogens is 1. The summed E-state index contributed by atoms with van der Waals surface area (Å²) in [4.78, 5) is 1.37. The monoisotopic (exact) mass is 297 g/mol. The summed E-state index contributed by atoms with van der Waals surface area (Å²) < 4.78 is 1.91. The molecule has 0 amide bonds. The van der Waals surface area contributed by atoms with Crippen molar-refractivity contribution in [3.05, 3.63) is 38.3 Å². The predicted octanol–water partition coefficient (Wildman–Crippen LogP) is 3.51. The third-order valence-electron chi connectivity index (χ3n) is 3.47. The zero-order valence-corrected chi connectivity index (χ0v) is 13.4. The maximum Gasteiger partial charge on any atom is 0.0850 e. The molecule has 0 aliphatic heterocycles. The fourth-order valence-electron chi connectivity index (χ4n) is 2.30. The van der Waals surface area contributed by atoms with Crippen molar-refractivity contribution in [2.24, 2.45) is 7.05 Å². The zero-order chi connectivity index (χ0) is 14.0. The summed E-state index contributed by atoms with van der Waals surface area (Å²) in [5.74, 6) is 0. The standard InChI is InChI=1S/C14H20ClN3S/c1-5-10-13(15)12(18(4)17-10)8-11(16-3)14-9(2)6-7-19-14/h6-7,11,16H,5,8H2,1-4H3. The normalized spacial score (nSPS) is 12.9. The van der Waals surface area contributed by atoms with Gasteiger partial charge in [0.2, 0.25) is 0 Å². The lowest BCUT2D eigenvalue weighted by Crippen LogP contribution is -2.20. The molecular weight excluding hydrogens is 278 g/mol. The fourth-order valence-corrected chi connectivity index (χ4v) is 3.71. The Morgan fingerprint density at radius 1 is 1.53 bits per heavy atom. The molecule has 0 bridgehead atoms. The second kappa shape index (κ2) is 6.07. The van der Waals surface area contributed by atoms with Crippen LogP contribution in [-0.4, -0.2) is 16.8 Å². The van der Waals surface area contributed by atoms with Crippen LogP contribution in [0.4, 0.5) is 0 Å². The van der Waals surface area contributed by atoms with E-state index in [0.717, 1.165) is 29.3 Å². The van der Waals surface area contributed by atoms with Gasteiger partial charge in [-0.05, 0) is 37.4 Å². The molecule has 2 aromatic rings. The van der Waals surface area contributed by atoms with Crippen LogP contribution >= 0.6 is 22.9 Å². The smallest absolute Gasteiger partial charge is 0.0850 e. The highest BCUT2D eigenvalue weighted by Crippen LogP contribution is 2.30. The Balaban J connectivity index is 2.29. The molecule has 0 radical (unpaired) electrons. The van der Waals surface area contributed by atoms with E-state index in [-0.39, 0.29) is 6.04 Å². The predicted molar refractivity (Wildman–Crippen MR) is 82.2 cm³/mol. The maximum atomic E-state index is 6.42. The molecule has 1 unspecified atom stereocenters. The van der Waals surface area contributed by atoms with E-state index in [0.29, 0.717) is 0 Å². The van der Waals surface area contributed by atoms with E-state index in [1.165, 1.54) is 10.4 Å². The number of thiophene rings is 1. The van der Waals surface area contributed by atoms with Gasteiger partial charge in [0.15, 0.2) is 0 Å². The summed E-state index contributed by atoms with van der Waals surface area (Å²) in [5, 5.41) is 10.8. The highest BCUT2D eigenvalue weighted by Gasteiger charge is 2.20. The Morgan fingerprint density at radius 2 is 2.26 bits per heavy atom. The van der Waals surface area contributed by atoms with Crippen LogP contribution in [0, 0.1) is 6.92 Å². The topological polar surface area (TPSA) is 29.9 Å². The molecule has 0 aliphatic rings. The summed E-state index contributed by atoms with van der Waals surface area (Å²) in [6.07, 6.45) is 1.73. The molecule has 5 heteroatoms. The number of likely N-dealkylation sites (N-methyl/N-ethyl adjacent to an activating group) is 1. The number of nitrogens with zero attached hydrogens (tertiary/aromatic N) is 2. The molecule has 2 rings (SSSR count). The van der Waals surface area contributed by atoms with Crippen molar-refractivity contribution in [2.45, 2.75) is 32.7 Å². The van der Waals surface area contributed by atoms with E-state index >= 15 is 0 Å². The zero-order valence-electron chi connectivity index (χ0n) is 11.8. The first kappa shape index (κ1) is 14.6. The number of hydrogen-bond acceptors (Lipinski definition) is 3. The molecule has 2 heterocycles. The highest BCUT2D eigenvalue weighted by atomic mass is 35.5. The van der Waals surface area contributed by atoms with Gasteiger partial charge in [-0.3, -0.25) is 4.68 Å². The van der Waals surface area contributed by atoms with Gasteiger partial charge in [-0.25, -0.2) is 0 Å². The van der Waals surface area contributed by atoms with Gasteiger partial charge in [0, 0.05) is 24.4 Å². The first-order valence-corrected chi connectivity index (χ1v) is 7.75. The van der Waals surface area contributed by atoms with E-state index in [9.17, 15) is 0 Å². The fraction of sp³-hybridized carbons (Fsp3) is 0.500. The van der Waals surface area contributed by atoms with Crippen molar-refractivity contribution in [3.8, 4) is 0 Å². The van der Waals surface area contributed by atoms with Crippen LogP contribution in [-0.2, 0) is 19.9 Å². The molecule has 0 saturated carbocycles. The van der Waals surface area contributed by atoms with Crippen LogP contribution in [0.15, 0.2) is 11.4 Å². The van der Waals surface area contributed by atoms with E-state index in [1.807, 2.05) is 18.8 Å². The van der Waals surface area contributed by atoms with Crippen LogP contribution in [0.5, 0.6) is 0 Å². The molecule has 0 aliphatic carbocycles. The van der Waals surface area contributed by atoms with Gasteiger partial charge < -0.3 is 5.32 Å². The molecule has 19 heavy (non-hydrogen) atoms. The molecular formula is C14H20ClN3S. The Hall–Kier alpha value is -0.840. The van der Waals surface area contributed by atoms with Crippen molar-refractivity contribution in [3.63, 3.8) is 0 Å². The second-order valence-corrected chi connectivity index (χ2v) is 6.02. The average Bonchev–Trinajstić information content (AvgIpc) is 2.93. The molecule has 0 fully saturated rings. The van der Waals surface area contributed by atoms with E-state index in [2.05, 4.69) is 35.7 Å². The molecule has 104 valence electrons. The van der Waals surface area contributed by atoms with Crippen LogP contribution < -0.4 is 5.32 Å². The number of rotatable bonds is 5. The number of aryl methyl sites for hydroxylation is 3. The molecule has 0 spiro atoms. The highest BCUT2D eigenvalue weighted by molar-refractivity contribution is 7.10. The number of hydrogen-bond donors (Lipinski definition) is 1. The van der Waals surface area contributed by atoms with Gasteiger partial charge in [-0.15, -0.1) is 11.3 Å². The quantitative estimate of drug-likeness (QED) is 0.915. The summed E-state index contributed by atoms with van der Waals surface area (Å²) >= 11 is 8.21. The van der Waals surface area contributed by atoms with Gasteiger partial charge in [0.25, 0.3) is 0 Å². The molecule has 1 N–H and O–H groups in total. The lowest BCUT2D eigenvalue weighted by atomic mass is 10.1. The third kappa shape index (κ3) is 2.86. The van der Waals surface area contributed by atoms with E-state index in [4.69, 9.17) is 11.6 Å². The number of aromatic nitrogens is 2. The van der Waals surface area contributed by atoms with Crippen molar-refractivity contribution in [2.75, 3.05) is 7.05 Å². The van der Waals surface area contributed by atoms with Crippen LogP contribution in [0.3, 0.4) is 0 Å². The first-order chi connectivity index (χ1) is 9.08. The summed E-state index contributed by atoms with van der Waals surface area (Å²) in [7, 11) is 3.96. The Kier molecular flexibility index (Phi) is 4.66. The van der Waals surface area contributed by atoms with Gasteiger partial charge >= 0.3 is 0 Å². The first-order valence-electron chi connectivity index (χ1n) is 6.50. The third-order valence-corrected chi connectivity index (χ3v) is 5.04. The van der Waals surface area contributed by atoms with Crippen molar-refractivity contribution in [1.82, 2.24) is 15.1 Å². The minimum Gasteiger partial charge on any atom is -0.312 e. The Morgan fingerprint density at radius 3 is 2.74 bits per heavy atom. The minimum absolute atomic E-state index is 0.289. The van der Waals surface area contributed by atoms with Crippen LogP contribution in [0.2, 0.25) is 5.02 Å². The summed E-state index contributed by atoms with van der Waals surface area (Å²) in [5.41, 5.74) is 3.42. The van der Waals surface area contributed by atoms with Crippen LogP contribution in [0.1, 0.15) is 34.8 Å².